The average molecular weight is 332 g/mol. The van der Waals surface area contributed by atoms with Crippen LogP contribution in [0.2, 0.25) is 0 Å². The third-order valence-corrected chi connectivity index (χ3v) is 5.01. The van der Waals surface area contributed by atoms with Crippen LogP contribution in [0, 0.1) is 0 Å². The quantitative estimate of drug-likeness (QED) is 0.714. The van der Waals surface area contributed by atoms with Crippen molar-refractivity contribution in [2.24, 2.45) is 0 Å². The second kappa shape index (κ2) is 7.62. The monoisotopic (exact) mass is 332 g/mol. The lowest BCUT2D eigenvalue weighted by Crippen LogP contribution is -2.36. The van der Waals surface area contributed by atoms with Crippen molar-refractivity contribution in [3.05, 3.63) is 78.5 Å². The summed E-state index contributed by atoms with van der Waals surface area (Å²) in [5.74, 6) is 1.48. The van der Waals surface area contributed by atoms with Crippen LogP contribution in [-0.4, -0.2) is 39.1 Å². The van der Waals surface area contributed by atoms with Crippen LogP contribution in [0.4, 0.5) is 0 Å². The van der Waals surface area contributed by atoms with Gasteiger partial charge in [-0.3, -0.25) is 4.57 Å². The number of nitrogens with zero attached hydrogens (tertiary/aromatic N) is 4. The van der Waals surface area contributed by atoms with E-state index in [9.17, 15) is 0 Å². The Morgan fingerprint density at radius 1 is 1.04 bits per heavy atom. The molecular weight excluding hydrogens is 308 g/mol. The zero-order valence-electron chi connectivity index (χ0n) is 14.5. The first-order valence-electron chi connectivity index (χ1n) is 9.10. The number of aromatic nitrogens is 3. The van der Waals surface area contributed by atoms with E-state index in [1.54, 1.807) is 12.5 Å². The highest BCUT2D eigenvalue weighted by Gasteiger charge is 2.22. The SMILES string of the molecule is c1ccc(CCN2CCCC(c3cccc(-n4ccnc4)n3)C2)cc1. The average Bonchev–Trinajstić information content (AvgIpc) is 3.22. The van der Waals surface area contributed by atoms with Gasteiger partial charge in [0.25, 0.3) is 0 Å². The summed E-state index contributed by atoms with van der Waals surface area (Å²) < 4.78 is 1.97. The van der Waals surface area contributed by atoms with Crippen molar-refractivity contribution in [1.29, 1.82) is 0 Å². The Morgan fingerprint density at radius 2 is 1.96 bits per heavy atom. The van der Waals surface area contributed by atoms with Gasteiger partial charge in [-0.2, -0.15) is 0 Å². The first-order chi connectivity index (χ1) is 12.4. The van der Waals surface area contributed by atoms with E-state index in [1.165, 1.54) is 30.6 Å². The lowest BCUT2D eigenvalue weighted by atomic mass is 9.94. The maximum absolute atomic E-state index is 4.89. The molecule has 3 aromatic rings. The van der Waals surface area contributed by atoms with Gasteiger partial charge in [-0.25, -0.2) is 9.97 Å². The molecule has 0 saturated carbocycles. The number of imidazole rings is 1. The van der Waals surface area contributed by atoms with Crippen molar-refractivity contribution in [1.82, 2.24) is 19.4 Å². The fourth-order valence-electron chi connectivity index (χ4n) is 3.64. The van der Waals surface area contributed by atoms with E-state index < -0.39 is 0 Å². The molecule has 1 unspecified atom stereocenters. The number of piperidine rings is 1. The molecule has 1 aliphatic heterocycles. The van der Waals surface area contributed by atoms with Gasteiger partial charge in [0.15, 0.2) is 0 Å². The molecule has 0 spiro atoms. The highest BCUT2D eigenvalue weighted by molar-refractivity contribution is 5.26. The molecule has 2 aromatic heterocycles. The summed E-state index contributed by atoms with van der Waals surface area (Å²) in [6.45, 7) is 3.43. The molecule has 25 heavy (non-hydrogen) atoms. The van der Waals surface area contributed by atoms with E-state index in [0.29, 0.717) is 5.92 Å². The molecule has 4 rings (SSSR count). The highest BCUT2D eigenvalue weighted by atomic mass is 15.1. The van der Waals surface area contributed by atoms with Crippen LogP contribution < -0.4 is 0 Å². The summed E-state index contributed by atoms with van der Waals surface area (Å²) in [7, 11) is 0. The predicted octanol–water partition coefficient (Wildman–Crippen LogP) is 3.69. The normalized spacial score (nSPS) is 18.3. The summed E-state index contributed by atoms with van der Waals surface area (Å²) in [5.41, 5.74) is 2.63. The van der Waals surface area contributed by atoms with Gasteiger partial charge in [-0.05, 0) is 43.5 Å². The third kappa shape index (κ3) is 3.97. The molecule has 0 N–H and O–H groups in total. The van der Waals surface area contributed by atoms with E-state index >= 15 is 0 Å². The standard InChI is InChI=1S/C21H24N4/c1-2-6-18(7-3-1)11-14-24-13-5-8-19(16-24)20-9-4-10-21(23-20)25-15-12-22-17-25/h1-4,6-7,9-10,12,15,17,19H,5,8,11,13-14,16H2. The van der Waals surface area contributed by atoms with E-state index in [2.05, 4.69) is 52.3 Å². The molecule has 1 aromatic carbocycles. The van der Waals surface area contributed by atoms with Gasteiger partial charge in [0.05, 0.1) is 0 Å². The molecule has 4 heteroatoms. The number of pyridine rings is 1. The van der Waals surface area contributed by atoms with Crippen LogP contribution in [0.5, 0.6) is 0 Å². The fourth-order valence-corrected chi connectivity index (χ4v) is 3.64. The number of likely N-dealkylation sites (tertiary alicyclic amines) is 1. The Kier molecular flexibility index (Phi) is 4.89. The molecule has 128 valence electrons. The minimum Gasteiger partial charge on any atom is -0.302 e. The van der Waals surface area contributed by atoms with Gasteiger partial charge < -0.3 is 4.90 Å². The zero-order chi connectivity index (χ0) is 16.9. The van der Waals surface area contributed by atoms with Crippen LogP contribution in [0.25, 0.3) is 5.82 Å². The van der Waals surface area contributed by atoms with Crippen molar-refractivity contribution in [3.63, 3.8) is 0 Å². The summed E-state index contributed by atoms with van der Waals surface area (Å²) in [6, 6.07) is 17.1. The summed E-state index contributed by atoms with van der Waals surface area (Å²) in [6.07, 6.45) is 9.13. The first-order valence-corrected chi connectivity index (χ1v) is 9.10. The van der Waals surface area contributed by atoms with Crippen LogP contribution in [0.15, 0.2) is 67.3 Å². The van der Waals surface area contributed by atoms with Gasteiger partial charge in [-0.1, -0.05) is 36.4 Å². The zero-order valence-corrected chi connectivity index (χ0v) is 14.5. The molecule has 0 radical (unpaired) electrons. The van der Waals surface area contributed by atoms with Crippen molar-refractivity contribution >= 4 is 0 Å². The molecule has 3 heterocycles. The predicted molar refractivity (Wildman–Crippen MR) is 99.9 cm³/mol. The molecule has 0 amide bonds. The topological polar surface area (TPSA) is 34.0 Å². The van der Waals surface area contributed by atoms with E-state index in [0.717, 1.165) is 25.3 Å². The number of rotatable bonds is 5. The molecule has 1 fully saturated rings. The molecule has 0 aliphatic carbocycles. The van der Waals surface area contributed by atoms with Gasteiger partial charge in [0.1, 0.15) is 12.1 Å². The highest BCUT2D eigenvalue weighted by Crippen LogP contribution is 2.26. The van der Waals surface area contributed by atoms with Crippen LogP contribution >= 0.6 is 0 Å². The molecule has 1 aliphatic rings. The van der Waals surface area contributed by atoms with Crippen molar-refractivity contribution in [2.45, 2.75) is 25.2 Å². The Hall–Kier alpha value is -2.46. The molecule has 0 bridgehead atoms. The van der Waals surface area contributed by atoms with Gasteiger partial charge in [0, 0.05) is 37.1 Å². The van der Waals surface area contributed by atoms with Crippen LogP contribution in [0.3, 0.4) is 0 Å². The summed E-state index contributed by atoms with van der Waals surface area (Å²) >= 11 is 0. The Morgan fingerprint density at radius 3 is 2.80 bits per heavy atom. The number of benzene rings is 1. The van der Waals surface area contributed by atoms with Gasteiger partial charge in [0.2, 0.25) is 0 Å². The van der Waals surface area contributed by atoms with E-state index in [1.807, 2.05) is 16.8 Å². The van der Waals surface area contributed by atoms with Crippen molar-refractivity contribution < 1.29 is 0 Å². The Bertz CT molecular complexity index is 783. The van der Waals surface area contributed by atoms with Crippen LogP contribution in [0.1, 0.15) is 30.0 Å². The Balaban J connectivity index is 1.42. The van der Waals surface area contributed by atoms with E-state index in [-0.39, 0.29) is 0 Å². The lowest BCUT2D eigenvalue weighted by molar-refractivity contribution is 0.208. The summed E-state index contributed by atoms with van der Waals surface area (Å²) in [5, 5.41) is 0. The van der Waals surface area contributed by atoms with E-state index in [4.69, 9.17) is 4.98 Å². The van der Waals surface area contributed by atoms with Crippen molar-refractivity contribution in [3.8, 4) is 5.82 Å². The van der Waals surface area contributed by atoms with Crippen molar-refractivity contribution in [2.75, 3.05) is 19.6 Å². The molecular formula is C21H24N4. The lowest BCUT2D eigenvalue weighted by Gasteiger charge is -2.32. The first kappa shape index (κ1) is 16.0. The smallest absolute Gasteiger partial charge is 0.138 e. The fraction of sp³-hybridized carbons (Fsp3) is 0.333. The maximum Gasteiger partial charge on any atom is 0.138 e. The second-order valence-electron chi connectivity index (χ2n) is 6.77. The third-order valence-electron chi connectivity index (χ3n) is 5.01. The second-order valence-corrected chi connectivity index (χ2v) is 6.77. The molecule has 1 saturated heterocycles. The minimum absolute atomic E-state index is 0.521. The minimum atomic E-state index is 0.521. The van der Waals surface area contributed by atoms with Gasteiger partial charge >= 0.3 is 0 Å². The molecule has 1 atom stereocenters. The van der Waals surface area contributed by atoms with Crippen LogP contribution in [-0.2, 0) is 6.42 Å². The largest absolute Gasteiger partial charge is 0.302 e. The number of hydrogen-bond donors (Lipinski definition) is 0. The van der Waals surface area contributed by atoms with Gasteiger partial charge in [-0.15, -0.1) is 0 Å². The maximum atomic E-state index is 4.89. The molecule has 4 nitrogen and oxygen atoms in total. The summed E-state index contributed by atoms with van der Waals surface area (Å²) in [4.78, 5) is 11.6. The number of hydrogen-bond acceptors (Lipinski definition) is 3. The Labute approximate surface area is 149 Å².